The fourth-order valence-corrected chi connectivity index (χ4v) is 3.16. The van der Waals surface area contributed by atoms with Crippen molar-refractivity contribution in [1.29, 1.82) is 0 Å². The van der Waals surface area contributed by atoms with Gasteiger partial charge in [0.15, 0.2) is 5.82 Å². The van der Waals surface area contributed by atoms with Crippen LogP contribution in [0.3, 0.4) is 0 Å². The highest BCUT2D eigenvalue weighted by Crippen LogP contribution is 2.13. The molecule has 7 heteroatoms. The minimum Gasteiger partial charge on any atom is -0.473 e. The predicted octanol–water partition coefficient (Wildman–Crippen LogP) is 3.79. The number of rotatable bonds is 7. The van der Waals surface area contributed by atoms with Gasteiger partial charge in [0.05, 0.1) is 11.3 Å². The van der Waals surface area contributed by atoms with Crippen LogP contribution < -0.4 is 10.1 Å². The molecular weight excluding hydrogens is 390 g/mol. The van der Waals surface area contributed by atoms with Gasteiger partial charge < -0.3 is 10.1 Å². The third kappa shape index (κ3) is 5.14. The summed E-state index contributed by atoms with van der Waals surface area (Å²) in [5, 5.41) is 7.32. The molecule has 0 bridgehead atoms. The zero-order valence-electron chi connectivity index (χ0n) is 17.4. The fourth-order valence-electron chi connectivity index (χ4n) is 3.16. The SMILES string of the molecule is Cc1cc(C)n(-c2ccc(C(=O)NCc3ccnc(OCc4ccccc4)c3)cn2)n1. The van der Waals surface area contributed by atoms with E-state index in [0.29, 0.717) is 30.4 Å². The maximum atomic E-state index is 12.5. The van der Waals surface area contributed by atoms with E-state index in [2.05, 4.69) is 20.4 Å². The van der Waals surface area contributed by atoms with E-state index >= 15 is 0 Å². The maximum Gasteiger partial charge on any atom is 0.253 e. The first-order valence-corrected chi connectivity index (χ1v) is 9.98. The molecular formula is C24H23N5O2. The second-order valence-electron chi connectivity index (χ2n) is 7.20. The lowest BCUT2D eigenvalue weighted by atomic mass is 10.2. The van der Waals surface area contributed by atoms with Crippen LogP contribution in [0, 0.1) is 13.8 Å². The number of carbonyl (C=O) groups excluding carboxylic acids is 1. The van der Waals surface area contributed by atoms with Crippen LogP contribution in [0.5, 0.6) is 5.88 Å². The van der Waals surface area contributed by atoms with E-state index in [1.165, 1.54) is 0 Å². The van der Waals surface area contributed by atoms with Gasteiger partial charge >= 0.3 is 0 Å². The van der Waals surface area contributed by atoms with Crippen molar-refractivity contribution in [2.75, 3.05) is 0 Å². The van der Waals surface area contributed by atoms with Gasteiger partial charge in [-0.1, -0.05) is 30.3 Å². The number of carbonyl (C=O) groups is 1. The first-order valence-electron chi connectivity index (χ1n) is 9.98. The van der Waals surface area contributed by atoms with Crippen LogP contribution in [0.2, 0.25) is 0 Å². The molecule has 0 saturated heterocycles. The lowest BCUT2D eigenvalue weighted by Gasteiger charge is -2.09. The Kier molecular flexibility index (Phi) is 6.03. The standard InChI is InChI=1S/C24H23N5O2/c1-17-12-18(2)29(28-17)22-9-8-21(15-26-22)24(30)27-14-20-10-11-25-23(13-20)31-16-19-6-4-3-5-7-19/h3-13,15H,14,16H2,1-2H3,(H,27,30). The van der Waals surface area contributed by atoms with Gasteiger partial charge in [0.1, 0.15) is 6.61 Å². The fraction of sp³-hybridized carbons (Fsp3) is 0.167. The largest absolute Gasteiger partial charge is 0.473 e. The Morgan fingerprint density at radius 1 is 1.00 bits per heavy atom. The van der Waals surface area contributed by atoms with E-state index in [0.717, 1.165) is 22.5 Å². The Labute approximate surface area is 180 Å². The number of aromatic nitrogens is 4. The van der Waals surface area contributed by atoms with Crippen molar-refractivity contribution in [3.63, 3.8) is 0 Å². The molecule has 0 aliphatic carbocycles. The van der Waals surface area contributed by atoms with Crippen LogP contribution in [-0.2, 0) is 13.2 Å². The van der Waals surface area contributed by atoms with Crippen LogP contribution >= 0.6 is 0 Å². The smallest absolute Gasteiger partial charge is 0.253 e. The average molecular weight is 413 g/mol. The number of nitrogens with zero attached hydrogens (tertiary/aromatic N) is 4. The van der Waals surface area contributed by atoms with Crippen LogP contribution in [0.4, 0.5) is 0 Å². The number of amides is 1. The summed E-state index contributed by atoms with van der Waals surface area (Å²) in [4.78, 5) is 21.1. The Morgan fingerprint density at radius 3 is 2.55 bits per heavy atom. The van der Waals surface area contributed by atoms with E-state index in [1.807, 2.05) is 62.4 Å². The summed E-state index contributed by atoms with van der Waals surface area (Å²) in [7, 11) is 0. The molecule has 0 aliphatic rings. The van der Waals surface area contributed by atoms with E-state index in [-0.39, 0.29) is 5.91 Å². The molecule has 0 aliphatic heterocycles. The number of pyridine rings is 2. The van der Waals surface area contributed by atoms with Crippen LogP contribution in [0.15, 0.2) is 73.1 Å². The second-order valence-corrected chi connectivity index (χ2v) is 7.20. The van der Waals surface area contributed by atoms with Gasteiger partial charge in [-0.2, -0.15) is 5.10 Å². The molecule has 0 spiro atoms. The lowest BCUT2D eigenvalue weighted by molar-refractivity contribution is 0.0950. The van der Waals surface area contributed by atoms with Gasteiger partial charge in [0.25, 0.3) is 5.91 Å². The summed E-state index contributed by atoms with van der Waals surface area (Å²) >= 11 is 0. The Balaban J connectivity index is 1.34. The van der Waals surface area contributed by atoms with E-state index in [1.54, 1.807) is 29.2 Å². The van der Waals surface area contributed by atoms with Crippen LogP contribution in [-0.4, -0.2) is 25.7 Å². The zero-order chi connectivity index (χ0) is 21.6. The first-order chi connectivity index (χ1) is 15.1. The molecule has 0 atom stereocenters. The highest BCUT2D eigenvalue weighted by Gasteiger charge is 2.09. The van der Waals surface area contributed by atoms with Crippen molar-refractivity contribution >= 4 is 5.91 Å². The van der Waals surface area contributed by atoms with Gasteiger partial charge in [-0.3, -0.25) is 4.79 Å². The summed E-state index contributed by atoms with van der Waals surface area (Å²) in [6.45, 7) is 4.70. The van der Waals surface area contributed by atoms with E-state index in [4.69, 9.17) is 4.74 Å². The second kappa shape index (κ2) is 9.21. The molecule has 1 N–H and O–H groups in total. The first kappa shape index (κ1) is 20.3. The van der Waals surface area contributed by atoms with Crippen molar-refractivity contribution in [2.45, 2.75) is 27.0 Å². The van der Waals surface area contributed by atoms with E-state index in [9.17, 15) is 4.79 Å². The number of ether oxygens (including phenoxy) is 1. The van der Waals surface area contributed by atoms with Crippen LogP contribution in [0.25, 0.3) is 5.82 Å². The van der Waals surface area contributed by atoms with Gasteiger partial charge in [0, 0.05) is 30.7 Å². The summed E-state index contributed by atoms with van der Waals surface area (Å²) in [5.74, 6) is 0.999. The zero-order valence-corrected chi connectivity index (χ0v) is 17.4. The van der Waals surface area contributed by atoms with Gasteiger partial charge in [-0.25, -0.2) is 14.6 Å². The molecule has 7 nitrogen and oxygen atoms in total. The minimum atomic E-state index is -0.198. The number of aryl methyl sites for hydroxylation is 2. The third-order valence-corrected chi connectivity index (χ3v) is 4.72. The molecule has 0 radical (unpaired) electrons. The van der Waals surface area contributed by atoms with Crippen molar-refractivity contribution in [3.8, 4) is 11.7 Å². The molecule has 0 fully saturated rings. The number of hydrogen-bond acceptors (Lipinski definition) is 5. The third-order valence-electron chi connectivity index (χ3n) is 4.72. The Bertz CT molecular complexity index is 1170. The summed E-state index contributed by atoms with van der Waals surface area (Å²) in [5.41, 5.74) is 4.37. The Hall–Kier alpha value is -4.00. The maximum absolute atomic E-state index is 12.5. The molecule has 1 amide bonds. The molecule has 0 unspecified atom stereocenters. The van der Waals surface area contributed by atoms with Gasteiger partial charge in [0.2, 0.25) is 5.88 Å². The molecule has 31 heavy (non-hydrogen) atoms. The average Bonchev–Trinajstić information content (AvgIpc) is 3.15. The number of nitrogens with one attached hydrogen (secondary N) is 1. The normalized spacial score (nSPS) is 10.6. The lowest BCUT2D eigenvalue weighted by Crippen LogP contribution is -2.23. The predicted molar refractivity (Wildman–Crippen MR) is 117 cm³/mol. The number of benzene rings is 1. The van der Waals surface area contributed by atoms with Crippen LogP contribution in [0.1, 0.15) is 32.9 Å². The monoisotopic (exact) mass is 413 g/mol. The minimum absolute atomic E-state index is 0.198. The molecule has 156 valence electrons. The highest BCUT2D eigenvalue weighted by atomic mass is 16.5. The molecule has 3 aromatic heterocycles. The van der Waals surface area contributed by atoms with Gasteiger partial charge in [-0.15, -0.1) is 0 Å². The molecule has 1 aromatic carbocycles. The molecule has 4 aromatic rings. The van der Waals surface area contributed by atoms with E-state index < -0.39 is 0 Å². The topological polar surface area (TPSA) is 81.9 Å². The Morgan fingerprint density at radius 2 is 1.84 bits per heavy atom. The quantitative estimate of drug-likeness (QED) is 0.499. The number of hydrogen-bond donors (Lipinski definition) is 1. The molecule has 0 saturated carbocycles. The van der Waals surface area contributed by atoms with Crippen molar-refractivity contribution < 1.29 is 9.53 Å². The molecule has 3 heterocycles. The van der Waals surface area contributed by atoms with Crippen molar-refractivity contribution in [1.82, 2.24) is 25.1 Å². The van der Waals surface area contributed by atoms with Crippen molar-refractivity contribution in [3.05, 3.63) is 101 Å². The molecule has 4 rings (SSSR count). The highest BCUT2D eigenvalue weighted by molar-refractivity contribution is 5.93. The van der Waals surface area contributed by atoms with Gasteiger partial charge in [-0.05, 0) is 49.2 Å². The summed E-state index contributed by atoms with van der Waals surface area (Å²) < 4.78 is 7.50. The van der Waals surface area contributed by atoms with Crippen molar-refractivity contribution in [2.24, 2.45) is 0 Å². The summed E-state index contributed by atoms with van der Waals surface area (Å²) in [6.07, 6.45) is 3.23. The summed E-state index contributed by atoms with van der Waals surface area (Å²) in [6, 6.07) is 19.1.